The summed E-state index contributed by atoms with van der Waals surface area (Å²) in [4.78, 5) is 20.0. The highest BCUT2D eigenvalue weighted by Crippen LogP contribution is 2.17. The Morgan fingerprint density at radius 1 is 1.53 bits per heavy atom. The predicted molar refractivity (Wildman–Crippen MR) is 61.6 cm³/mol. The third-order valence-electron chi connectivity index (χ3n) is 1.41. The van der Waals surface area contributed by atoms with Gasteiger partial charge in [-0.3, -0.25) is 4.79 Å². The van der Waals surface area contributed by atoms with Crippen LogP contribution in [0.3, 0.4) is 0 Å². The van der Waals surface area contributed by atoms with Crippen molar-refractivity contribution >= 4 is 30.0 Å². The van der Waals surface area contributed by atoms with Crippen LogP contribution in [0.25, 0.3) is 0 Å². The molecule has 1 aromatic carbocycles. The largest absolute Gasteiger partial charge is 0.481 e. The smallest absolute Gasteiger partial charge is 0.313 e. The lowest BCUT2D eigenvalue weighted by atomic mass is 10.3. The summed E-state index contributed by atoms with van der Waals surface area (Å²) in [6.45, 7) is 0. The van der Waals surface area contributed by atoms with Gasteiger partial charge in [0.1, 0.15) is 5.69 Å². The number of benzene rings is 1. The molecule has 0 heterocycles. The van der Waals surface area contributed by atoms with Crippen molar-refractivity contribution in [2.45, 2.75) is 0 Å². The predicted octanol–water partition coefficient (Wildman–Crippen LogP) is 1.31. The fraction of sp³-hybridized carbons (Fsp3) is 0.222. The molecule has 3 N–H and O–H groups in total. The quantitative estimate of drug-likeness (QED) is 0.405. The number of anilines is 1. The van der Waals surface area contributed by atoms with E-state index in [9.17, 15) is 9.70 Å². The number of thiol groups is 1. The molecule has 0 aromatic heterocycles. The molecule has 0 saturated heterocycles. The van der Waals surface area contributed by atoms with Crippen molar-refractivity contribution in [1.82, 2.24) is 0 Å². The van der Waals surface area contributed by atoms with E-state index < -0.39 is 5.97 Å². The molecular weight excluding hydrogens is 216 g/mol. The van der Waals surface area contributed by atoms with E-state index in [1.807, 2.05) is 0 Å². The SMILES string of the molecule is C[N+](=O)c1ccccc1N.O=C(O)CS. The summed E-state index contributed by atoms with van der Waals surface area (Å²) < 4.78 is 0.745. The standard InChI is InChI=1S/C7H9N2O.C2H4O2S/c1-9(10)7-5-3-2-4-6(7)8;3-2(4)1-5/h2-5H,8H2,1H3;5H,1H2,(H,3,4)/q+1;. The number of carbonyl (C=O) groups is 1. The third-order valence-corrected chi connectivity index (χ3v) is 1.68. The first-order chi connectivity index (χ1) is 6.99. The highest BCUT2D eigenvalue weighted by atomic mass is 32.1. The zero-order chi connectivity index (χ0) is 11.8. The molecule has 0 radical (unpaired) electrons. The summed E-state index contributed by atoms with van der Waals surface area (Å²) in [7, 11) is 1.42. The monoisotopic (exact) mass is 229 g/mol. The van der Waals surface area contributed by atoms with E-state index in [1.165, 1.54) is 7.05 Å². The third kappa shape index (κ3) is 5.69. The number of para-hydroxylation sites is 2. The Kier molecular flexibility index (Phi) is 6.12. The van der Waals surface area contributed by atoms with E-state index in [4.69, 9.17) is 10.8 Å². The second-order valence-electron chi connectivity index (χ2n) is 2.61. The van der Waals surface area contributed by atoms with Crippen molar-refractivity contribution in [2.24, 2.45) is 0 Å². The van der Waals surface area contributed by atoms with Gasteiger partial charge in [-0.15, -0.1) is 0 Å². The lowest BCUT2D eigenvalue weighted by molar-refractivity contribution is -0.427. The zero-order valence-electron chi connectivity index (χ0n) is 8.25. The Morgan fingerprint density at radius 3 is 2.27 bits per heavy atom. The number of nitroso groups, excluding NO2 is 1. The molecule has 1 rings (SSSR count). The molecule has 1 aromatic rings. The molecule has 15 heavy (non-hydrogen) atoms. The lowest BCUT2D eigenvalue weighted by Gasteiger charge is -1.90. The molecular formula is C9H13N2O3S+. The molecule has 0 amide bonds. The van der Waals surface area contributed by atoms with Gasteiger partial charge in [-0.2, -0.15) is 12.6 Å². The van der Waals surface area contributed by atoms with E-state index in [2.05, 4.69) is 12.6 Å². The van der Waals surface area contributed by atoms with Crippen molar-refractivity contribution in [3.63, 3.8) is 0 Å². The molecule has 0 aliphatic rings. The van der Waals surface area contributed by atoms with E-state index in [-0.39, 0.29) is 5.75 Å². The maximum atomic E-state index is 10.7. The summed E-state index contributed by atoms with van der Waals surface area (Å²) in [5.74, 6) is -0.965. The maximum absolute atomic E-state index is 10.7. The molecule has 0 bridgehead atoms. The van der Waals surface area contributed by atoms with Crippen LogP contribution in [0, 0.1) is 4.91 Å². The lowest BCUT2D eigenvalue weighted by Crippen LogP contribution is -1.95. The number of hydrogen-bond acceptors (Lipinski definition) is 4. The van der Waals surface area contributed by atoms with Crippen LogP contribution in [0.15, 0.2) is 24.3 Å². The van der Waals surface area contributed by atoms with Gasteiger partial charge in [0.2, 0.25) is 0 Å². The second kappa shape index (κ2) is 6.83. The minimum atomic E-state index is -0.881. The molecule has 82 valence electrons. The van der Waals surface area contributed by atoms with Crippen molar-refractivity contribution in [1.29, 1.82) is 0 Å². The van der Waals surface area contributed by atoms with Gasteiger partial charge in [0.15, 0.2) is 7.05 Å². The number of hydrogen-bond donors (Lipinski definition) is 3. The fourth-order valence-electron chi connectivity index (χ4n) is 0.774. The first-order valence-electron chi connectivity index (χ1n) is 4.07. The number of nitrogen functional groups attached to an aromatic ring is 1. The minimum absolute atomic E-state index is 0.0833. The van der Waals surface area contributed by atoms with Crippen molar-refractivity contribution in [3.05, 3.63) is 29.2 Å². The van der Waals surface area contributed by atoms with Gasteiger partial charge in [-0.05, 0) is 6.07 Å². The Balaban J connectivity index is 0.000000336. The van der Waals surface area contributed by atoms with Crippen LogP contribution in [-0.2, 0) is 4.79 Å². The van der Waals surface area contributed by atoms with Gasteiger partial charge >= 0.3 is 5.97 Å². The highest BCUT2D eigenvalue weighted by molar-refractivity contribution is 7.81. The topological polar surface area (TPSA) is 83.4 Å². The summed E-state index contributed by atoms with van der Waals surface area (Å²) in [5, 5.41) is 7.65. The highest BCUT2D eigenvalue weighted by Gasteiger charge is 2.08. The van der Waals surface area contributed by atoms with Crippen LogP contribution in [0.4, 0.5) is 11.4 Å². The first kappa shape index (κ1) is 13.4. The Morgan fingerprint density at radius 2 is 2.00 bits per heavy atom. The number of carboxylic acids is 1. The van der Waals surface area contributed by atoms with Crippen molar-refractivity contribution in [3.8, 4) is 0 Å². The molecule has 0 aliphatic heterocycles. The summed E-state index contributed by atoms with van der Waals surface area (Å²) >= 11 is 3.42. The van der Waals surface area contributed by atoms with Gasteiger partial charge in [-0.25, -0.2) is 0 Å². The van der Waals surface area contributed by atoms with Gasteiger partial charge in [0.05, 0.1) is 5.75 Å². The molecule has 0 saturated carbocycles. The summed E-state index contributed by atoms with van der Waals surface area (Å²) in [5.41, 5.74) is 6.51. The van der Waals surface area contributed by atoms with Crippen LogP contribution in [0.2, 0.25) is 0 Å². The van der Waals surface area contributed by atoms with Gasteiger partial charge in [0, 0.05) is 15.7 Å². The van der Waals surface area contributed by atoms with E-state index in [1.54, 1.807) is 24.3 Å². The zero-order valence-corrected chi connectivity index (χ0v) is 9.15. The van der Waals surface area contributed by atoms with E-state index >= 15 is 0 Å². The van der Waals surface area contributed by atoms with Crippen LogP contribution >= 0.6 is 12.6 Å². The molecule has 6 heteroatoms. The normalized spacial score (nSPS) is 8.67. The average Bonchev–Trinajstić information content (AvgIpc) is 2.19. The summed E-state index contributed by atoms with van der Waals surface area (Å²) in [6, 6.07) is 6.95. The molecule has 0 atom stereocenters. The number of nitrogens with two attached hydrogens (primary N) is 1. The molecule has 5 nitrogen and oxygen atoms in total. The molecule has 0 spiro atoms. The van der Waals surface area contributed by atoms with E-state index in [0.29, 0.717) is 11.4 Å². The van der Waals surface area contributed by atoms with Crippen molar-refractivity contribution in [2.75, 3.05) is 18.5 Å². The van der Waals surface area contributed by atoms with Gasteiger partial charge < -0.3 is 10.8 Å². The second-order valence-corrected chi connectivity index (χ2v) is 2.92. The molecule has 0 aliphatic carbocycles. The molecule has 0 fully saturated rings. The Bertz CT molecular complexity index is 355. The summed E-state index contributed by atoms with van der Waals surface area (Å²) in [6.07, 6.45) is 0. The fourth-order valence-corrected chi connectivity index (χ4v) is 0.774. The van der Waals surface area contributed by atoms with E-state index in [0.717, 1.165) is 4.76 Å². The number of rotatable bonds is 2. The Labute approximate surface area is 92.9 Å². The number of aliphatic carboxylic acids is 1. The van der Waals surface area contributed by atoms with Gasteiger partial charge in [0.25, 0.3) is 5.69 Å². The van der Waals surface area contributed by atoms with Crippen molar-refractivity contribution < 1.29 is 14.7 Å². The van der Waals surface area contributed by atoms with Crippen LogP contribution in [-0.4, -0.2) is 28.6 Å². The molecule has 0 unspecified atom stereocenters. The van der Waals surface area contributed by atoms with Crippen LogP contribution < -0.4 is 5.73 Å². The van der Waals surface area contributed by atoms with Crippen LogP contribution in [0.5, 0.6) is 0 Å². The average molecular weight is 229 g/mol. The number of carboxylic acid groups (broad SMARTS) is 1. The first-order valence-corrected chi connectivity index (χ1v) is 4.70. The van der Waals surface area contributed by atoms with Gasteiger partial charge in [-0.1, -0.05) is 12.1 Å². The van der Waals surface area contributed by atoms with Crippen LogP contribution in [0.1, 0.15) is 0 Å². The minimum Gasteiger partial charge on any atom is -0.481 e. The Hall–Kier alpha value is -1.56. The maximum Gasteiger partial charge on any atom is 0.313 e. The number of nitrogens with zero attached hydrogens (tertiary/aromatic N) is 1.